The number of imidazole rings is 1. The Balaban J connectivity index is 1.47. The third kappa shape index (κ3) is 5.23. The zero-order valence-corrected chi connectivity index (χ0v) is 19.0. The molecule has 2 heterocycles. The topological polar surface area (TPSA) is 128 Å². The molecule has 9 heteroatoms. The fourth-order valence-electron chi connectivity index (χ4n) is 4.03. The smallest absolute Gasteiger partial charge is 0.227 e. The summed E-state index contributed by atoms with van der Waals surface area (Å²) in [5, 5.41) is 12.8. The predicted octanol–water partition coefficient (Wildman–Crippen LogP) is 2.91. The van der Waals surface area contributed by atoms with E-state index in [0.29, 0.717) is 16.9 Å². The van der Waals surface area contributed by atoms with Crippen molar-refractivity contribution in [3.8, 4) is 17.6 Å². The van der Waals surface area contributed by atoms with Crippen molar-refractivity contribution in [2.75, 3.05) is 18.2 Å². The average molecular weight is 449 g/mol. The van der Waals surface area contributed by atoms with Crippen LogP contribution in [0.4, 0.5) is 11.5 Å². The van der Waals surface area contributed by atoms with E-state index in [4.69, 9.17) is 10.5 Å². The highest BCUT2D eigenvalue weighted by Crippen LogP contribution is 2.35. The number of amides is 1. The summed E-state index contributed by atoms with van der Waals surface area (Å²) in [6.45, 7) is 3.18. The highest BCUT2D eigenvalue weighted by atomic mass is 16.5. The summed E-state index contributed by atoms with van der Waals surface area (Å²) in [6, 6.07) is 7.51. The summed E-state index contributed by atoms with van der Waals surface area (Å²) in [5.41, 5.74) is 6.80. The molecule has 172 valence electrons. The van der Waals surface area contributed by atoms with Crippen molar-refractivity contribution in [2.45, 2.75) is 51.2 Å². The van der Waals surface area contributed by atoms with E-state index in [9.17, 15) is 9.90 Å². The van der Waals surface area contributed by atoms with Crippen LogP contribution in [0.2, 0.25) is 0 Å². The van der Waals surface area contributed by atoms with Crippen LogP contribution in [-0.2, 0) is 4.79 Å². The third-order valence-corrected chi connectivity index (χ3v) is 5.73. The van der Waals surface area contributed by atoms with Gasteiger partial charge in [-0.1, -0.05) is 12.0 Å². The molecule has 1 fully saturated rings. The largest absolute Gasteiger partial charge is 0.497 e. The molecule has 0 saturated heterocycles. The number of carbonyl (C=O) groups is 1. The standard InChI is InChI=1S/C24H28N6O3/c1-24(2,32)12-11-19-28-21(25)20-22(29-19)30(14-26-20)17-9-7-15(8-10-17)23(31)27-16-5-4-6-18(13-16)33-3/h4-6,13-15,17,32H,7-10H2,1-3H3,(H,27,31)(H2,25,28,29). The maximum atomic E-state index is 12.8. The van der Waals surface area contributed by atoms with Gasteiger partial charge in [-0.05, 0) is 57.6 Å². The number of fused-ring (bicyclic) bond motifs is 1. The Bertz CT molecular complexity index is 1230. The number of anilines is 2. The van der Waals surface area contributed by atoms with Crippen molar-refractivity contribution in [1.29, 1.82) is 0 Å². The van der Waals surface area contributed by atoms with Gasteiger partial charge >= 0.3 is 0 Å². The summed E-state index contributed by atoms with van der Waals surface area (Å²) < 4.78 is 7.22. The van der Waals surface area contributed by atoms with Crippen LogP contribution in [0.5, 0.6) is 5.75 Å². The van der Waals surface area contributed by atoms with Crippen LogP contribution in [0, 0.1) is 17.8 Å². The first-order valence-corrected chi connectivity index (χ1v) is 10.9. The van der Waals surface area contributed by atoms with Crippen LogP contribution in [0.25, 0.3) is 11.2 Å². The van der Waals surface area contributed by atoms with Crippen molar-refractivity contribution in [1.82, 2.24) is 19.5 Å². The molecule has 33 heavy (non-hydrogen) atoms. The Morgan fingerprint density at radius 3 is 2.73 bits per heavy atom. The van der Waals surface area contributed by atoms with E-state index >= 15 is 0 Å². The molecule has 0 radical (unpaired) electrons. The molecular formula is C24H28N6O3. The van der Waals surface area contributed by atoms with Gasteiger partial charge in [-0.2, -0.15) is 0 Å². The zero-order valence-electron chi connectivity index (χ0n) is 19.0. The first-order valence-electron chi connectivity index (χ1n) is 10.9. The van der Waals surface area contributed by atoms with Gasteiger partial charge in [-0.25, -0.2) is 15.0 Å². The number of nitrogens with one attached hydrogen (secondary N) is 1. The second-order valence-electron chi connectivity index (χ2n) is 8.79. The van der Waals surface area contributed by atoms with Gasteiger partial charge in [-0.15, -0.1) is 0 Å². The second kappa shape index (κ2) is 9.08. The summed E-state index contributed by atoms with van der Waals surface area (Å²) in [7, 11) is 1.60. The van der Waals surface area contributed by atoms with Crippen LogP contribution < -0.4 is 15.8 Å². The Labute approximate surface area is 192 Å². The number of carbonyl (C=O) groups excluding carboxylic acids is 1. The quantitative estimate of drug-likeness (QED) is 0.524. The molecule has 9 nitrogen and oxygen atoms in total. The molecule has 0 spiro atoms. The van der Waals surface area contributed by atoms with E-state index in [1.807, 2.05) is 28.8 Å². The van der Waals surface area contributed by atoms with Gasteiger partial charge in [0.1, 0.15) is 16.9 Å². The highest BCUT2D eigenvalue weighted by molar-refractivity contribution is 5.92. The molecule has 2 aromatic heterocycles. The highest BCUT2D eigenvalue weighted by Gasteiger charge is 2.28. The number of aromatic nitrogens is 4. The number of nitrogen functional groups attached to an aromatic ring is 1. The van der Waals surface area contributed by atoms with E-state index in [2.05, 4.69) is 32.1 Å². The number of methoxy groups -OCH3 is 1. The van der Waals surface area contributed by atoms with Crippen LogP contribution in [0.1, 0.15) is 51.4 Å². The fraction of sp³-hybridized carbons (Fsp3) is 0.417. The van der Waals surface area contributed by atoms with Crippen molar-refractivity contribution < 1.29 is 14.6 Å². The Hall–Kier alpha value is -3.64. The van der Waals surface area contributed by atoms with Crippen molar-refractivity contribution in [3.05, 3.63) is 36.4 Å². The maximum Gasteiger partial charge on any atom is 0.227 e. The van der Waals surface area contributed by atoms with E-state index in [1.54, 1.807) is 27.3 Å². The number of nitrogens with two attached hydrogens (primary N) is 1. The molecule has 1 amide bonds. The first kappa shape index (κ1) is 22.6. The summed E-state index contributed by atoms with van der Waals surface area (Å²) in [6.07, 6.45) is 4.87. The molecule has 0 unspecified atom stereocenters. The molecule has 0 atom stereocenters. The summed E-state index contributed by atoms with van der Waals surface area (Å²) in [5.74, 6) is 6.66. The number of ether oxygens (including phenoxy) is 1. The fourth-order valence-corrected chi connectivity index (χ4v) is 4.03. The number of rotatable bonds is 4. The second-order valence-corrected chi connectivity index (χ2v) is 8.79. The molecular weight excluding hydrogens is 420 g/mol. The lowest BCUT2D eigenvalue weighted by Gasteiger charge is -2.28. The van der Waals surface area contributed by atoms with Crippen molar-refractivity contribution in [2.24, 2.45) is 5.92 Å². The lowest BCUT2D eigenvalue weighted by Crippen LogP contribution is -2.28. The van der Waals surface area contributed by atoms with Gasteiger partial charge in [0.2, 0.25) is 11.7 Å². The normalized spacial score (nSPS) is 18.4. The number of aliphatic hydroxyl groups is 1. The molecule has 3 aromatic rings. The van der Waals surface area contributed by atoms with E-state index in [-0.39, 0.29) is 29.5 Å². The lowest BCUT2D eigenvalue weighted by molar-refractivity contribution is -0.121. The number of hydrogen-bond donors (Lipinski definition) is 3. The molecule has 1 aliphatic rings. The molecule has 4 N–H and O–H groups in total. The van der Waals surface area contributed by atoms with Gasteiger partial charge in [-0.3, -0.25) is 4.79 Å². The van der Waals surface area contributed by atoms with Crippen LogP contribution in [0.3, 0.4) is 0 Å². The number of hydrogen-bond acceptors (Lipinski definition) is 7. The van der Waals surface area contributed by atoms with E-state index in [1.165, 1.54) is 0 Å². The minimum absolute atomic E-state index is 0.0212. The van der Waals surface area contributed by atoms with Crippen LogP contribution >= 0.6 is 0 Å². The monoisotopic (exact) mass is 448 g/mol. The SMILES string of the molecule is COc1cccc(NC(=O)C2CCC(n3cnc4c(N)nc(C#CC(C)(C)O)nc43)CC2)c1. The Morgan fingerprint density at radius 1 is 1.27 bits per heavy atom. The van der Waals surface area contributed by atoms with Crippen LogP contribution in [-0.4, -0.2) is 43.2 Å². The molecule has 1 saturated carbocycles. The number of benzene rings is 1. The Morgan fingerprint density at radius 2 is 2.03 bits per heavy atom. The predicted molar refractivity (Wildman–Crippen MR) is 126 cm³/mol. The van der Waals surface area contributed by atoms with Crippen molar-refractivity contribution in [3.63, 3.8) is 0 Å². The molecule has 1 aromatic carbocycles. The van der Waals surface area contributed by atoms with Gasteiger partial charge < -0.3 is 25.5 Å². The average Bonchev–Trinajstić information content (AvgIpc) is 3.22. The third-order valence-electron chi connectivity index (χ3n) is 5.73. The van der Waals surface area contributed by atoms with Gasteiger partial charge in [0, 0.05) is 23.7 Å². The first-order chi connectivity index (χ1) is 15.7. The van der Waals surface area contributed by atoms with Crippen molar-refractivity contribution >= 4 is 28.6 Å². The molecule has 1 aliphatic carbocycles. The Kier molecular flexibility index (Phi) is 6.20. The minimum atomic E-state index is -1.16. The molecule has 0 aliphatic heterocycles. The molecule has 4 rings (SSSR count). The van der Waals surface area contributed by atoms with Gasteiger partial charge in [0.05, 0.1) is 13.4 Å². The van der Waals surface area contributed by atoms with Gasteiger partial charge in [0.15, 0.2) is 11.5 Å². The number of nitrogens with zero attached hydrogens (tertiary/aromatic N) is 4. The zero-order chi connectivity index (χ0) is 23.6. The van der Waals surface area contributed by atoms with Gasteiger partial charge in [0.25, 0.3) is 0 Å². The maximum absolute atomic E-state index is 12.8. The van der Waals surface area contributed by atoms with E-state index < -0.39 is 5.60 Å². The minimum Gasteiger partial charge on any atom is -0.497 e. The summed E-state index contributed by atoms with van der Waals surface area (Å²) >= 11 is 0. The van der Waals surface area contributed by atoms with Crippen LogP contribution in [0.15, 0.2) is 30.6 Å². The summed E-state index contributed by atoms with van der Waals surface area (Å²) in [4.78, 5) is 25.9. The van der Waals surface area contributed by atoms with E-state index in [0.717, 1.165) is 31.4 Å². The molecule has 0 bridgehead atoms. The lowest BCUT2D eigenvalue weighted by atomic mass is 9.85.